The Kier molecular flexibility index (Phi) is 10.8. The Bertz CT molecular complexity index is 508. The van der Waals surface area contributed by atoms with Crippen molar-refractivity contribution >= 4 is 11.5 Å². The Morgan fingerprint density at radius 1 is 1.12 bits per heavy atom. The zero-order chi connectivity index (χ0) is 18.5. The van der Waals surface area contributed by atoms with Gasteiger partial charge in [-0.1, -0.05) is 13.8 Å². The van der Waals surface area contributed by atoms with Gasteiger partial charge in [-0.05, 0) is 25.5 Å². The summed E-state index contributed by atoms with van der Waals surface area (Å²) in [4.78, 5) is 11.3. The molecule has 0 saturated heterocycles. The molecule has 0 fully saturated rings. The zero-order valence-corrected chi connectivity index (χ0v) is 15.5. The van der Waals surface area contributed by atoms with Gasteiger partial charge in [-0.2, -0.15) is 0 Å². The van der Waals surface area contributed by atoms with Crippen molar-refractivity contribution in [2.75, 3.05) is 44.9 Å². The van der Waals surface area contributed by atoms with Gasteiger partial charge in [-0.25, -0.2) is 4.39 Å². The lowest BCUT2D eigenvalue weighted by Gasteiger charge is -2.10. The van der Waals surface area contributed by atoms with Gasteiger partial charge in [0, 0.05) is 50.5 Å². The standard InChI is InChI=1S/C19H30FNO4/c1-4-21-16-7-8-19(17(20)13-16)25-12-6-10-23-9-5-11-24-14-18(22)15(2)3/h7-8,13,15,21H,4-6,9-12,14H2,1-3H3. The molecule has 0 heterocycles. The second-order valence-electron chi connectivity index (χ2n) is 6.02. The highest BCUT2D eigenvalue weighted by Crippen LogP contribution is 2.21. The number of anilines is 1. The molecule has 1 N–H and O–H groups in total. The molecule has 0 aliphatic heterocycles. The number of ketones is 1. The SMILES string of the molecule is CCNc1ccc(OCCCOCCCOCC(=O)C(C)C)c(F)c1. The van der Waals surface area contributed by atoms with E-state index in [4.69, 9.17) is 14.2 Å². The molecule has 6 heteroatoms. The molecular formula is C19H30FNO4. The second kappa shape index (κ2) is 12.7. The molecule has 1 aromatic carbocycles. The summed E-state index contributed by atoms with van der Waals surface area (Å²) in [6.45, 7) is 8.62. The van der Waals surface area contributed by atoms with Gasteiger partial charge in [0.25, 0.3) is 0 Å². The van der Waals surface area contributed by atoms with Crippen molar-refractivity contribution in [1.29, 1.82) is 0 Å². The van der Waals surface area contributed by atoms with Crippen molar-refractivity contribution in [3.8, 4) is 5.75 Å². The summed E-state index contributed by atoms with van der Waals surface area (Å²) >= 11 is 0. The molecule has 0 aliphatic rings. The zero-order valence-electron chi connectivity index (χ0n) is 15.5. The highest BCUT2D eigenvalue weighted by Gasteiger charge is 2.06. The molecule has 142 valence electrons. The van der Waals surface area contributed by atoms with Crippen LogP contribution in [-0.4, -0.2) is 45.4 Å². The van der Waals surface area contributed by atoms with Crippen LogP contribution in [0, 0.1) is 11.7 Å². The molecular weight excluding hydrogens is 325 g/mol. The van der Waals surface area contributed by atoms with Crippen LogP contribution in [0.15, 0.2) is 18.2 Å². The predicted octanol–water partition coefficient (Wildman–Crippen LogP) is 3.67. The van der Waals surface area contributed by atoms with Crippen LogP contribution in [0.2, 0.25) is 0 Å². The Hall–Kier alpha value is -1.66. The highest BCUT2D eigenvalue weighted by molar-refractivity contribution is 5.81. The molecule has 0 spiro atoms. The van der Waals surface area contributed by atoms with Crippen LogP contribution < -0.4 is 10.1 Å². The van der Waals surface area contributed by atoms with E-state index >= 15 is 0 Å². The molecule has 0 amide bonds. The topological polar surface area (TPSA) is 56.8 Å². The van der Waals surface area contributed by atoms with E-state index in [-0.39, 0.29) is 29.9 Å². The van der Waals surface area contributed by atoms with Gasteiger partial charge in [0.15, 0.2) is 17.3 Å². The van der Waals surface area contributed by atoms with Crippen molar-refractivity contribution in [2.24, 2.45) is 5.92 Å². The monoisotopic (exact) mass is 355 g/mol. The minimum atomic E-state index is -0.368. The molecule has 0 radical (unpaired) electrons. The Labute approximate surface area is 149 Å². The summed E-state index contributed by atoms with van der Waals surface area (Å²) in [5.74, 6) is 0.0151. The quantitative estimate of drug-likeness (QED) is 0.516. The van der Waals surface area contributed by atoms with Crippen LogP contribution in [0.4, 0.5) is 10.1 Å². The Morgan fingerprint density at radius 2 is 1.80 bits per heavy atom. The normalized spacial score (nSPS) is 10.9. The van der Waals surface area contributed by atoms with E-state index in [0.29, 0.717) is 32.8 Å². The second-order valence-corrected chi connectivity index (χ2v) is 6.02. The fourth-order valence-electron chi connectivity index (χ4n) is 1.98. The van der Waals surface area contributed by atoms with Gasteiger partial charge in [0.05, 0.1) is 6.61 Å². The first kappa shape index (κ1) is 21.4. The number of nitrogens with one attached hydrogen (secondary N) is 1. The molecule has 1 rings (SSSR count). The lowest BCUT2D eigenvalue weighted by molar-refractivity contribution is -0.126. The van der Waals surface area contributed by atoms with Gasteiger partial charge in [-0.3, -0.25) is 4.79 Å². The third-order valence-corrected chi connectivity index (χ3v) is 3.47. The lowest BCUT2D eigenvalue weighted by Crippen LogP contribution is -2.15. The average molecular weight is 355 g/mol. The van der Waals surface area contributed by atoms with Gasteiger partial charge < -0.3 is 19.5 Å². The van der Waals surface area contributed by atoms with Crippen LogP contribution in [0.5, 0.6) is 5.75 Å². The Morgan fingerprint density at radius 3 is 2.44 bits per heavy atom. The van der Waals surface area contributed by atoms with E-state index in [1.807, 2.05) is 20.8 Å². The van der Waals surface area contributed by atoms with Crippen LogP contribution >= 0.6 is 0 Å². The van der Waals surface area contributed by atoms with Crippen molar-refractivity contribution in [3.63, 3.8) is 0 Å². The number of hydrogen-bond donors (Lipinski definition) is 1. The first-order valence-electron chi connectivity index (χ1n) is 8.89. The molecule has 0 atom stereocenters. The van der Waals surface area contributed by atoms with Crippen LogP contribution in [0.25, 0.3) is 0 Å². The summed E-state index contributed by atoms with van der Waals surface area (Å²) in [5, 5.41) is 3.05. The maximum atomic E-state index is 13.8. The maximum absolute atomic E-state index is 13.8. The molecule has 0 aliphatic carbocycles. The van der Waals surface area contributed by atoms with E-state index < -0.39 is 0 Å². The van der Waals surface area contributed by atoms with E-state index in [1.54, 1.807) is 12.1 Å². The summed E-state index contributed by atoms with van der Waals surface area (Å²) in [6.07, 6.45) is 1.42. The van der Waals surface area contributed by atoms with Crippen LogP contribution in [-0.2, 0) is 14.3 Å². The first-order valence-corrected chi connectivity index (χ1v) is 8.89. The van der Waals surface area contributed by atoms with Gasteiger partial charge in [0.1, 0.15) is 6.61 Å². The van der Waals surface area contributed by atoms with Crippen molar-refractivity contribution in [3.05, 3.63) is 24.0 Å². The molecule has 0 bridgehead atoms. The van der Waals surface area contributed by atoms with E-state index in [1.165, 1.54) is 6.07 Å². The number of ether oxygens (including phenoxy) is 3. The van der Waals surface area contributed by atoms with Crippen LogP contribution in [0.3, 0.4) is 0 Å². The number of Topliss-reactive ketones (excluding diaryl/α,β-unsaturated/α-hetero) is 1. The van der Waals surface area contributed by atoms with Crippen molar-refractivity contribution in [2.45, 2.75) is 33.6 Å². The van der Waals surface area contributed by atoms with E-state index in [0.717, 1.165) is 18.7 Å². The van der Waals surface area contributed by atoms with E-state index in [9.17, 15) is 9.18 Å². The maximum Gasteiger partial charge on any atom is 0.167 e. The summed E-state index contributed by atoms with van der Waals surface area (Å²) in [5.41, 5.74) is 0.744. The van der Waals surface area contributed by atoms with Gasteiger partial charge in [0.2, 0.25) is 0 Å². The molecule has 25 heavy (non-hydrogen) atoms. The van der Waals surface area contributed by atoms with Crippen LogP contribution in [0.1, 0.15) is 33.6 Å². The average Bonchev–Trinajstić information content (AvgIpc) is 2.58. The van der Waals surface area contributed by atoms with Gasteiger partial charge >= 0.3 is 0 Å². The third kappa shape index (κ3) is 9.41. The third-order valence-electron chi connectivity index (χ3n) is 3.47. The van der Waals surface area contributed by atoms with Gasteiger partial charge in [-0.15, -0.1) is 0 Å². The molecule has 0 saturated carbocycles. The lowest BCUT2D eigenvalue weighted by atomic mass is 10.1. The molecule has 5 nitrogen and oxygen atoms in total. The molecule has 0 unspecified atom stereocenters. The summed E-state index contributed by atoms with van der Waals surface area (Å²) in [7, 11) is 0. The van der Waals surface area contributed by atoms with Crippen molar-refractivity contribution in [1.82, 2.24) is 0 Å². The van der Waals surface area contributed by atoms with Crippen molar-refractivity contribution < 1.29 is 23.4 Å². The first-order chi connectivity index (χ1) is 12.0. The highest BCUT2D eigenvalue weighted by atomic mass is 19.1. The molecule has 1 aromatic rings. The number of hydrogen-bond acceptors (Lipinski definition) is 5. The Balaban J connectivity index is 2.01. The number of halogens is 1. The number of carbonyl (C=O) groups is 1. The number of rotatable bonds is 14. The van der Waals surface area contributed by atoms with E-state index in [2.05, 4.69) is 5.32 Å². The molecule has 0 aromatic heterocycles. The fraction of sp³-hybridized carbons (Fsp3) is 0.632. The smallest absolute Gasteiger partial charge is 0.167 e. The fourth-order valence-corrected chi connectivity index (χ4v) is 1.98. The minimum Gasteiger partial charge on any atom is -0.490 e. The number of carbonyl (C=O) groups excluding carboxylic acids is 1. The number of benzene rings is 1. The summed E-state index contributed by atoms with van der Waals surface area (Å²) in [6, 6.07) is 4.85. The predicted molar refractivity (Wildman–Crippen MR) is 96.8 cm³/mol. The minimum absolute atomic E-state index is 0.0141. The largest absolute Gasteiger partial charge is 0.490 e. The summed E-state index contributed by atoms with van der Waals surface area (Å²) < 4.78 is 30.0.